The number of nitrogens with one attached hydrogen (secondary N) is 1. The first kappa shape index (κ1) is 9.18. The molecule has 2 rings (SSSR count). The van der Waals surface area contributed by atoms with Gasteiger partial charge in [0, 0.05) is 0 Å². The summed E-state index contributed by atoms with van der Waals surface area (Å²) in [6.45, 7) is 0. The zero-order valence-corrected chi connectivity index (χ0v) is 7.86. The summed E-state index contributed by atoms with van der Waals surface area (Å²) in [6, 6.07) is 0. The van der Waals surface area contributed by atoms with Gasteiger partial charge in [0.1, 0.15) is 17.6 Å². The number of rotatable bonds is 2. The maximum absolute atomic E-state index is 11.3. The highest BCUT2D eigenvalue weighted by Crippen LogP contribution is 2.37. The van der Waals surface area contributed by atoms with Crippen LogP contribution in [0.5, 0.6) is 0 Å². The summed E-state index contributed by atoms with van der Waals surface area (Å²) in [7, 11) is 0. The molecule has 0 aromatic carbocycles. The summed E-state index contributed by atoms with van der Waals surface area (Å²) in [5.41, 5.74) is -0.811. The van der Waals surface area contributed by atoms with Gasteiger partial charge in [0.15, 0.2) is 0 Å². The average Bonchev–Trinajstić information content (AvgIpc) is 2.72. The number of carboxylic acid groups (broad SMARTS) is 1. The molecule has 1 fully saturated rings. The molecule has 0 radical (unpaired) electrons. The number of aliphatic carboxylic acids is 1. The molecule has 1 aliphatic carbocycles. The Labute approximate surface area is 81.6 Å². The molecule has 0 bridgehead atoms. The summed E-state index contributed by atoms with van der Waals surface area (Å²) < 4.78 is 0. The molecule has 76 valence electrons. The van der Waals surface area contributed by atoms with Crippen LogP contribution in [0.1, 0.15) is 37.9 Å². The van der Waals surface area contributed by atoms with E-state index in [-0.39, 0.29) is 0 Å². The van der Waals surface area contributed by atoms with Gasteiger partial charge in [-0.2, -0.15) is 5.10 Å². The normalized spacial score (nSPS) is 20.6. The molecule has 0 aliphatic heterocycles. The maximum atomic E-state index is 11.3. The van der Waals surface area contributed by atoms with E-state index in [2.05, 4.69) is 15.2 Å². The van der Waals surface area contributed by atoms with Crippen LogP contribution in [0.15, 0.2) is 6.33 Å². The van der Waals surface area contributed by atoms with E-state index in [9.17, 15) is 9.90 Å². The van der Waals surface area contributed by atoms with Crippen LogP contribution in [0.4, 0.5) is 0 Å². The van der Waals surface area contributed by atoms with Crippen LogP contribution >= 0.6 is 0 Å². The van der Waals surface area contributed by atoms with Crippen LogP contribution < -0.4 is 0 Å². The minimum absolute atomic E-state index is 0.504. The van der Waals surface area contributed by atoms with Crippen molar-refractivity contribution in [3.8, 4) is 0 Å². The van der Waals surface area contributed by atoms with Crippen LogP contribution in [0.2, 0.25) is 0 Å². The van der Waals surface area contributed by atoms with E-state index in [1.165, 1.54) is 6.33 Å². The van der Waals surface area contributed by atoms with Crippen LogP contribution in [0.25, 0.3) is 0 Å². The van der Waals surface area contributed by atoms with Crippen molar-refractivity contribution in [2.45, 2.75) is 37.5 Å². The molecule has 1 aliphatic rings. The van der Waals surface area contributed by atoms with Gasteiger partial charge in [0.05, 0.1) is 0 Å². The van der Waals surface area contributed by atoms with Crippen molar-refractivity contribution in [2.24, 2.45) is 0 Å². The highest BCUT2D eigenvalue weighted by Gasteiger charge is 2.43. The molecule has 0 atom stereocenters. The minimum atomic E-state index is -0.811. The van der Waals surface area contributed by atoms with Crippen molar-refractivity contribution < 1.29 is 9.90 Å². The third-order valence-corrected chi connectivity index (χ3v) is 2.98. The number of carbonyl (C=O) groups is 1. The van der Waals surface area contributed by atoms with Crippen LogP contribution in [0.3, 0.4) is 0 Å². The Hall–Kier alpha value is -1.39. The van der Waals surface area contributed by atoms with Crippen LogP contribution in [-0.4, -0.2) is 26.3 Å². The highest BCUT2D eigenvalue weighted by molar-refractivity contribution is 5.80. The Morgan fingerprint density at radius 3 is 2.64 bits per heavy atom. The fraction of sp³-hybridized carbons (Fsp3) is 0.667. The molecule has 0 unspecified atom stereocenters. The maximum Gasteiger partial charge on any atom is 0.317 e. The fourth-order valence-corrected chi connectivity index (χ4v) is 2.14. The van der Waals surface area contributed by atoms with Crippen LogP contribution in [-0.2, 0) is 10.2 Å². The Morgan fingerprint density at radius 2 is 2.14 bits per heavy atom. The second kappa shape index (κ2) is 3.40. The van der Waals surface area contributed by atoms with Gasteiger partial charge < -0.3 is 5.11 Å². The van der Waals surface area contributed by atoms with E-state index in [1.54, 1.807) is 0 Å². The molecule has 5 nitrogen and oxygen atoms in total. The molecular formula is C9H13N3O2. The lowest BCUT2D eigenvalue weighted by molar-refractivity contribution is -0.145. The first-order chi connectivity index (χ1) is 6.76. The monoisotopic (exact) mass is 195 g/mol. The van der Waals surface area contributed by atoms with E-state index in [0.717, 1.165) is 19.3 Å². The molecule has 1 aromatic heterocycles. The second-order valence-corrected chi connectivity index (χ2v) is 3.78. The zero-order chi connectivity index (χ0) is 10.0. The molecule has 1 saturated carbocycles. The van der Waals surface area contributed by atoms with Crippen molar-refractivity contribution in [3.05, 3.63) is 12.2 Å². The van der Waals surface area contributed by atoms with Crippen molar-refractivity contribution in [2.75, 3.05) is 0 Å². The number of carboxylic acids is 1. The molecule has 1 aromatic rings. The van der Waals surface area contributed by atoms with Gasteiger partial charge in [-0.3, -0.25) is 9.89 Å². The van der Waals surface area contributed by atoms with Gasteiger partial charge in [0.2, 0.25) is 0 Å². The number of hydrogen-bond donors (Lipinski definition) is 2. The Kier molecular flexibility index (Phi) is 2.23. The largest absolute Gasteiger partial charge is 0.480 e. The van der Waals surface area contributed by atoms with Gasteiger partial charge in [0.25, 0.3) is 0 Å². The van der Waals surface area contributed by atoms with Crippen molar-refractivity contribution in [1.29, 1.82) is 0 Å². The topological polar surface area (TPSA) is 78.9 Å². The molecule has 5 heteroatoms. The molecular weight excluding hydrogens is 182 g/mol. The minimum Gasteiger partial charge on any atom is -0.480 e. The molecule has 0 spiro atoms. The van der Waals surface area contributed by atoms with Gasteiger partial charge in [-0.15, -0.1) is 0 Å². The molecule has 0 amide bonds. The van der Waals surface area contributed by atoms with Crippen molar-refractivity contribution in [1.82, 2.24) is 15.2 Å². The van der Waals surface area contributed by atoms with E-state index in [0.29, 0.717) is 18.7 Å². The lowest BCUT2D eigenvalue weighted by Crippen LogP contribution is -2.38. The van der Waals surface area contributed by atoms with Crippen LogP contribution in [0, 0.1) is 0 Å². The first-order valence-corrected chi connectivity index (χ1v) is 4.85. The quantitative estimate of drug-likeness (QED) is 0.740. The molecule has 14 heavy (non-hydrogen) atoms. The lowest BCUT2D eigenvalue weighted by atomic mass is 9.73. The second-order valence-electron chi connectivity index (χ2n) is 3.78. The number of aromatic amines is 1. The van der Waals surface area contributed by atoms with E-state index >= 15 is 0 Å². The van der Waals surface area contributed by atoms with Gasteiger partial charge in [-0.25, -0.2) is 4.98 Å². The van der Waals surface area contributed by atoms with Crippen molar-refractivity contribution >= 4 is 5.97 Å². The Balaban J connectivity index is 2.35. The van der Waals surface area contributed by atoms with E-state index < -0.39 is 11.4 Å². The standard InChI is InChI=1S/C9H13N3O2/c13-8(14)9(4-2-1-3-5-9)7-10-6-11-12-7/h6H,1-5H2,(H,13,14)(H,10,11,12). The Morgan fingerprint density at radius 1 is 1.43 bits per heavy atom. The third-order valence-electron chi connectivity index (χ3n) is 2.98. The fourth-order valence-electron chi connectivity index (χ4n) is 2.14. The zero-order valence-electron chi connectivity index (χ0n) is 7.86. The number of H-pyrrole nitrogens is 1. The van der Waals surface area contributed by atoms with Gasteiger partial charge >= 0.3 is 5.97 Å². The Bertz CT molecular complexity index is 315. The number of nitrogens with zero attached hydrogens (tertiary/aromatic N) is 2. The predicted molar refractivity (Wildman–Crippen MR) is 48.8 cm³/mol. The summed E-state index contributed by atoms with van der Waals surface area (Å²) >= 11 is 0. The average molecular weight is 195 g/mol. The van der Waals surface area contributed by atoms with Gasteiger partial charge in [-0.1, -0.05) is 19.3 Å². The summed E-state index contributed by atoms with van der Waals surface area (Å²) in [5.74, 6) is -0.279. The van der Waals surface area contributed by atoms with Crippen molar-refractivity contribution in [3.63, 3.8) is 0 Å². The molecule has 1 heterocycles. The summed E-state index contributed by atoms with van der Waals surface area (Å²) in [4.78, 5) is 15.3. The number of aromatic nitrogens is 3. The number of hydrogen-bond acceptors (Lipinski definition) is 3. The highest BCUT2D eigenvalue weighted by atomic mass is 16.4. The molecule has 0 saturated heterocycles. The first-order valence-electron chi connectivity index (χ1n) is 4.85. The predicted octanol–water partition coefficient (Wildman–Crippen LogP) is 1.09. The molecule has 2 N–H and O–H groups in total. The lowest BCUT2D eigenvalue weighted by Gasteiger charge is -2.30. The van der Waals surface area contributed by atoms with E-state index in [1.807, 2.05) is 0 Å². The smallest absolute Gasteiger partial charge is 0.317 e. The van der Waals surface area contributed by atoms with E-state index in [4.69, 9.17) is 0 Å². The third kappa shape index (κ3) is 1.29. The summed E-state index contributed by atoms with van der Waals surface area (Å²) in [5, 5.41) is 15.7. The SMILES string of the molecule is O=C(O)C1(c2ncn[nH]2)CCCCC1. The summed E-state index contributed by atoms with van der Waals surface area (Å²) in [6.07, 6.45) is 5.72. The van der Waals surface area contributed by atoms with Gasteiger partial charge in [-0.05, 0) is 12.8 Å².